The second-order valence-electron chi connectivity index (χ2n) is 7.45. The Bertz CT molecular complexity index is 857. The van der Waals surface area contributed by atoms with Crippen molar-refractivity contribution in [2.24, 2.45) is 11.5 Å². The van der Waals surface area contributed by atoms with Gasteiger partial charge in [0.1, 0.15) is 18.1 Å². The topological polar surface area (TPSA) is 194 Å². The van der Waals surface area contributed by atoms with Crippen molar-refractivity contribution in [1.82, 2.24) is 16.0 Å². The first kappa shape index (κ1) is 29.3. The molecular formula is C21H31N5O6S2. The largest absolute Gasteiger partial charge is 0.480 e. The molecule has 1 aromatic carbocycles. The average molecular weight is 514 g/mol. The molecule has 13 heteroatoms. The summed E-state index contributed by atoms with van der Waals surface area (Å²) in [5.74, 6) is -3.73. The van der Waals surface area contributed by atoms with E-state index in [0.717, 1.165) is 0 Å². The van der Waals surface area contributed by atoms with Gasteiger partial charge in [0.05, 0.1) is 12.5 Å². The van der Waals surface area contributed by atoms with Gasteiger partial charge in [0, 0.05) is 12.2 Å². The molecule has 1 rings (SSSR count). The second kappa shape index (κ2) is 15.2. The number of hydrogen-bond donors (Lipinski definition) is 7. The lowest BCUT2D eigenvalue weighted by Crippen LogP contribution is -2.58. The van der Waals surface area contributed by atoms with E-state index in [1.165, 1.54) is 11.8 Å². The monoisotopic (exact) mass is 513 g/mol. The van der Waals surface area contributed by atoms with E-state index in [4.69, 9.17) is 11.5 Å². The van der Waals surface area contributed by atoms with Crippen LogP contribution in [0.1, 0.15) is 18.4 Å². The summed E-state index contributed by atoms with van der Waals surface area (Å²) in [5, 5.41) is 16.7. The highest BCUT2D eigenvalue weighted by atomic mass is 32.2. The zero-order valence-corrected chi connectivity index (χ0v) is 20.4. The van der Waals surface area contributed by atoms with Gasteiger partial charge in [-0.1, -0.05) is 30.3 Å². The van der Waals surface area contributed by atoms with Gasteiger partial charge in [-0.3, -0.25) is 19.2 Å². The summed E-state index contributed by atoms with van der Waals surface area (Å²) < 4.78 is 0. The van der Waals surface area contributed by atoms with E-state index in [1.54, 1.807) is 30.3 Å². The highest BCUT2D eigenvalue weighted by molar-refractivity contribution is 7.98. The van der Waals surface area contributed by atoms with Crippen molar-refractivity contribution in [1.29, 1.82) is 0 Å². The van der Waals surface area contributed by atoms with Crippen molar-refractivity contribution in [2.45, 2.75) is 43.4 Å². The standard InChI is InChI=1S/C21H31N5O6S2/c1-34-8-7-14(24-18(28)13(22)11-33)19(29)25-15(9-12-5-3-2-4-6-12)20(30)26-16(21(31)32)10-17(23)27/h2-6,13-16,33H,7-11,22H2,1H3,(H2,23,27)(H,24,28)(H,25,29)(H,26,30)(H,31,32). The molecule has 11 nitrogen and oxygen atoms in total. The number of nitrogens with two attached hydrogens (primary N) is 2. The first-order chi connectivity index (χ1) is 16.1. The van der Waals surface area contributed by atoms with Crippen LogP contribution in [0.2, 0.25) is 0 Å². The molecule has 34 heavy (non-hydrogen) atoms. The molecule has 8 N–H and O–H groups in total. The van der Waals surface area contributed by atoms with Gasteiger partial charge in [-0.05, 0) is 24.0 Å². The maximum atomic E-state index is 13.0. The molecule has 188 valence electrons. The molecule has 0 bridgehead atoms. The van der Waals surface area contributed by atoms with Crippen LogP contribution in [0.25, 0.3) is 0 Å². The molecule has 0 heterocycles. The number of carboxylic acids is 1. The number of amides is 4. The van der Waals surface area contributed by atoms with Crippen LogP contribution in [-0.2, 0) is 30.4 Å². The third-order valence-electron chi connectivity index (χ3n) is 4.71. The minimum absolute atomic E-state index is 0.0423. The zero-order valence-electron chi connectivity index (χ0n) is 18.7. The van der Waals surface area contributed by atoms with E-state index in [0.29, 0.717) is 11.3 Å². The van der Waals surface area contributed by atoms with Gasteiger partial charge in [-0.25, -0.2) is 4.79 Å². The molecule has 4 unspecified atom stereocenters. The van der Waals surface area contributed by atoms with Gasteiger partial charge in [-0.2, -0.15) is 24.4 Å². The quantitative estimate of drug-likeness (QED) is 0.140. The Morgan fingerprint density at radius 3 is 2.06 bits per heavy atom. The number of nitrogens with one attached hydrogen (secondary N) is 3. The summed E-state index contributed by atoms with van der Waals surface area (Å²) >= 11 is 5.45. The molecule has 0 radical (unpaired) electrons. The van der Waals surface area contributed by atoms with Crippen molar-refractivity contribution in [3.05, 3.63) is 35.9 Å². The van der Waals surface area contributed by atoms with E-state index in [-0.39, 0.29) is 18.6 Å². The Morgan fingerprint density at radius 2 is 1.53 bits per heavy atom. The van der Waals surface area contributed by atoms with Gasteiger partial charge >= 0.3 is 5.97 Å². The van der Waals surface area contributed by atoms with Crippen LogP contribution in [0.4, 0.5) is 0 Å². The normalized spacial score (nSPS) is 14.2. The lowest BCUT2D eigenvalue weighted by molar-refractivity contribution is -0.143. The molecule has 0 aliphatic carbocycles. The summed E-state index contributed by atoms with van der Waals surface area (Å²) in [4.78, 5) is 60.8. The van der Waals surface area contributed by atoms with Crippen LogP contribution in [0, 0.1) is 0 Å². The van der Waals surface area contributed by atoms with Crippen molar-refractivity contribution < 1.29 is 29.1 Å². The molecule has 4 atom stereocenters. The van der Waals surface area contributed by atoms with E-state index < -0.39 is 60.2 Å². The number of thiol groups is 1. The van der Waals surface area contributed by atoms with E-state index in [2.05, 4.69) is 28.6 Å². The minimum atomic E-state index is -1.56. The predicted molar refractivity (Wildman–Crippen MR) is 132 cm³/mol. The summed E-state index contributed by atoms with van der Waals surface area (Å²) in [7, 11) is 0. The van der Waals surface area contributed by atoms with E-state index in [1.807, 2.05) is 6.26 Å². The molecule has 0 saturated heterocycles. The lowest BCUT2D eigenvalue weighted by atomic mass is 10.0. The fourth-order valence-electron chi connectivity index (χ4n) is 2.87. The first-order valence-corrected chi connectivity index (χ1v) is 12.4. The molecule has 0 spiro atoms. The number of carboxylic acid groups (broad SMARTS) is 1. The maximum absolute atomic E-state index is 13.0. The molecule has 4 amide bonds. The number of carbonyl (C=O) groups excluding carboxylic acids is 4. The van der Waals surface area contributed by atoms with Gasteiger partial charge in [0.2, 0.25) is 23.6 Å². The molecule has 0 aliphatic rings. The van der Waals surface area contributed by atoms with Crippen LogP contribution < -0.4 is 27.4 Å². The lowest BCUT2D eigenvalue weighted by Gasteiger charge is -2.25. The third kappa shape index (κ3) is 10.4. The summed E-state index contributed by atoms with van der Waals surface area (Å²) in [6.07, 6.45) is 1.55. The van der Waals surface area contributed by atoms with E-state index in [9.17, 15) is 29.1 Å². The van der Waals surface area contributed by atoms with Crippen LogP contribution in [0.3, 0.4) is 0 Å². The summed E-state index contributed by atoms with van der Waals surface area (Å²) in [6.45, 7) is 0. The molecule has 0 saturated carbocycles. The smallest absolute Gasteiger partial charge is 0.326 e. The van der Waals surface area contributed by atoms with Crippen LogP contribution in [0.5, 0.6) is 0 Å². The average Bonchev–Trinajstić information content (AvgIpc) is 2.80. The van der Waals surface area contributed by atoms with Crippen molar-refractivity contribution in [3.8, 4) is 0 Å². The Morgan fingerprint density at radius 1 is 0.971 bits per heavy atom. The SMILES string of the molecule is CSCCC(NC(=O)C(N)CS)C(=O)NC(Cc1ccccc1)C(=O)NC(CC(N)=O)C(=O)O. The summed E-state index contributed by atoms with van der Waals surface area (Å²) in [5.41, 5.74) is 11.5. The zero-order chi connectivity index (χ0) is 25.7. The number of hydrogen-bond acceptors (Lipinski definition) is 8. The number of primary amides is 1. The minimum Gasteiger partial charge on any atom is -0.480 e. The highest BCUT2D eigenvalue weighted by Crippen LogP contribution is 2.07. The van der Waals surface area contributed by atoms with Crippen LogP contribution >= 0.6 is 24.4 Å². The van der Waals surface area contributed by atoms with Gasteiger partial charge < -0.3 is 32.5 Å². The van der Waals surface area contributed by atoms with E-state index >= 15 is 0 Å². The first-order valence-electron chi connectivity index (χ1n) is 10.4. The Kier molecular flexibility index (Phi) is 13.1. The fourth-order valence-corrected chi connectivity index (χ4v) is 3.51. The number of aliphatic carboxylic acids is 1. The molecule has 0 fully saturated rings. The highest BCUT2D eigenvalue weighted by Gasteiger charge is 2.30. The Labute approximate surface area is 207 Å². The number of rotatable bonds is 15. The van der Waals surface area contributed by atoms with Crippen molar-refractivity contribution in [3.63, 3.8) is 0 Å². The van der Waals surface area contributed by atoms with Gasteiger partial charge in [0.25, 0.3) is 0 Å². The van der Waals surface area contributed by atoms with Crippen molar-refractivity contribution >= 4 is 54.0 Å². The number of carbonyl (C=O) groups is 5. The number of thioether (sulfide) groups is 1. The molecule has 0 aromatic heterocycles. The third-order valence-corrected chi connectivity index (χ3v) is 5.75. The second-order valence-corrected chi connectivity index (χ2v) is 8.80. The predicted octanol–water partition coefficient (Wildman–Crippen LogP) is -1.35. The van der Waals surface area contributed by atoms with Crippen molar-refractivity contribution in [2.75, 3.05) is 17.8 Å². The molecular weight excluding hydrogens is 482 g/mol. The van der Waals surface area contributed by atoms with Gasteiger partial charge in [0.15, 0.2) is 0 Å². The number of benzene rings is 1. The van der Waals surface area contributed by atoms with Crippen LogP contribution in [0.15, 0.2) is 30.3 Å². The van der Waals surface area contributed by atoms with Crippen LogP contribution in [-0.4, -0.2) is 76.6 Å². The Balaban J connectivity index is 3.10. The molecule has 1 aromatic rings. The Hall–Kier alpha value is -2.77. The maximum Gasteiger partial charge on any atom is 0.326 e. The molecule has 0 aliphatic heterocycles. The fraction of sp³-hybridized carbons (Fsp3) is 0.476. The summed E-state index contributed by atoms with van der Waals surface area (Å²) in [6, 6.07) is 4.13. The van der Waals surface area contributed by atoms with Gasteiger partial charge in [-0.15, -0.1) is 0 Å².